The van der Waals surface area contributed by atoms with Crippen molar-refractivity contribution < 1.29 is 14.3 Å². The summed E-state index contributed by atoms with van der Waals surface area (Å²) >= 11 is 1.64. The van der Waals surface area contributed by atoms with Crippen LogP contribution in [0.5, 0.6) is 0 Å². The molecule has 2 aromatic rings. The van der Waals surface area contributed by atoms with E-state index in [1.165, 1.54) is 0 Å². The monoisotopic (exact) mass is 376 g/mol. The fourth-order valence-electron chi connectivity index (χ4n) is 3.20. The van der Waals surface area contributed by atoms with Gasteiger partial charge in [-0.05, 0) is 18.2 Å². The van der Waals surface area contributed by atoms with E-state index in [0.29, 0.717) is 12.1 Å². The Balaban J connectivity index is 1.37. The lowest BCUT2D eigenvalue weighted by atomic mass is 10.2. The van der Waals surface area contributed by atoms with Gasteiger partial charge in [0.05, 0.1) is 36.6 Å². The maximum Gasteiger partial charge on any atom is 0.251 e. The first-order chi connectivity index (χ1) is 12.8. The first-order valence-electron chi connectivity index (χ1n) is 9.11. The topological polar surface area (TPSA) is 66.9 Å². The zero-order chi connectivity index (χ0) is 17.8. The van der Waals surface area contributed by atoms with Gasteiger partial charge in [-0.15, -0.1) is 0 Å². The van der Waals surface area contributed by atoms with E-state index in [1.807, 2.05) is 18.2 Å². The Kier molecular flexibility index (Phi) is 5.64. The summed E-state index contributed by atoms with van der Waals surface area (Å²) in [4.78, 5) is 21.7. The lowest BCUT2D eigenvalue weighted by Gasteiger charge is -2.26. The van der Waals surface area contributed by atoms with E-state index in [1.54, 1.807) is 11.3 Å². The summed E-state index contributed by atoms with van der Waals surface area (Å²) < 4.78 is 11.8. The molecule has 4 rings (SSSR count). The van der Waals surface area contributed by atoms with Crippen LogP contribution in [0.4, 0.5) is 5.13 Å². The predicted octanol–water partition coefficient (Wildman–Crippen LogP) is 1.19. The van der Waals surface area contributed by atoms with Crippen LogP contribution in [0.15, 0.2) is 18.2 Å². The number of nitrogens with zero attached hydrogens (tertiary/aromatic N) is 3. The van der Waals surface area contributed by atoms with Gasteiger partial charge < -0.3 is 19.7 Å². The van der Waals surface area contributed by atoms with Crippen LogP contribution in [0.3, 0.4) is 0 Å². The van der Waals surface area contributed by atoms with Crippen LogP contribution in [0.2, 0.25) is 0 Å². The van der Waals surface area contributed by atoms with Crippen LogP contribution in [0, 0.1) is 0 Å². The van der Waals surface area contributed by atoms with Gasteiger partial charge in [0.1, 0.15) is 0 Å². The van der Waals surface area contributed by atoms with E-state index in [2.05, 4.69) is 15.1 Å². The van der Waals surface area contributed by atoms with Crippen molar-refractivity contribution in [2.24, 2.45) is 0 Å². The standard InChI is InChI=1S/C18H24N4O3S/c23-17(19-3-4-21-5-9-24-10-6-21)14-1-2-15-16(13-14)26-18(20-15)22-7-11-25-12-8-22/h1-2,13H,3-12H2,(H,19,23). The summed E-state index contributed by atoms with van der Waals surface area (Å²) in [6.45, 7) is 8.17. The minimum absolute atomic E-state index is 0.0264. The summed E-state index contributed by atoms with van der Waals surface area (Å²) in [6, 6.07) is 5.74. The fraction of sp³-hybridized carbons (Fsp3) is 0.556. The van der Waals surface area contributed by atoms with E-state index in [9.17, 15) is 4.79 Å². The number of ether oxygens (including phenoxy) is 2. The van der Waals surface area contributed by atoms with E-state index in [4.69, 9.17) is 14.5 Å². The molecule has 140 valence electrons. The zero-order valence-corrected chi connectivity index (χ0v) is 15.6. The van der Waals surface area contributed by atoms with Crippen LogP contribution >= 0.6 is 11.3 Å². The second-order valence-electron chi connectivity index (χ2n) is 6.49. The quantitative estimate of drug-likeness (QED) is 0.846. The van der Waals surface area contributed by atoms with Gasteiger partial charge in [-0.1, -0.05) is 11.3 Å². The number of nitrogens with one attached hydrogen (secondary N) is 1. The average Bonchev–Trinajstić information content (AvgIpc) is 3.13. The number of thiazole rings is 1. The number of benzene rings is 1. The molecule has 2 aliphatic rings. The van der Waals surface area contributed by atoms with Gasteiger partial charge in [-0.3, -0.25) is 9.69 Å². The molecular weight excluding hydrogens is 352 g/mol. The van der Waals surface area contributed by atoms with E-state index < -0.39 is 0 Å². The van der Waals surface area contributed by atoms with Crippen molar-refractivity contribution in [1.29, 1.82) is 0 Å². The molecule has 1 aromatic heterocycles. The maximum atomic E-state index is 12.4. The molecule has 26 heavy (non-hydrogen) atoms. The maximum absolute atomic E-state index is 12.4. The van der Waals surface area contributed by atoms with Crippen molar-refractivity contribution >= 4 is 32.6 Å². The molecule has 3 heterocycles. The minimum Gasteiger partial charge on any atom is -0.379 e. The molecule has 0 atom stereocenters. The fourth-order valence-corrected chi connectivity index (χ4v) is 4.25. The molecule has 7 nitrogen and oxygen atoms in total. The minimum atomic E-state index is -0.0264. The van der Waals surface area contributed by atoms with Crippen LogP contribution in [-0.2, 0) is 9.47 Å². The van der Waals surface area contributed by atoms with Gasteiger partial charge in [0.15, 0.2) is 5.13 Å². The molecule has 0 bridgehead atoms. The Morgan fingerprint density at radius 1 is 1.12 bits per heavy atom. The molecule has 0 saturated carbocycles. The third-order valence-corrected chi connectivity index (χ3v) is 5.82. The van der Waals surface area contributed by atoms with Gasteiger partial charge in [-0.25, -0.2) is 4.98 Å². The highest BCUT2D eigenvalue weighted by Crippen LogP contribution is 2.30. The van der Waals surface area contributed by atoms with E-state index >= 15 is 0 Å². The highest BCUT2D eigenvalue weighted by molar-refractivity contribution is 7.22. The number of amides is 1. The lowest BCUT2D eigenvalue weighted by Crippen LogP contribution is -2.41. The SMILES string of the molecule is O=C(NCCN1CCOCC1)c1ccc2nc(N3CCOCC3)sc2c1. The molecular formula is C18H24N4O3S. The Morgan fingerprint density at radius 3 is 2.62 bits per heavy atom. The Hall–Kier alpha value is -1.74. The van der Waals surface area contributed by atoms with Crippen molar-refractivity contribution in [3.8, 4) is 0 Å². The van der Waals surface area contributed by atoms with E-state index in [0.717, 1.165) is 74.5 Å². The van der Waals surface area contributed by atoms with Crippen LogP contribution in [0.1, 0.15) is 10.4 Å². The zero-order valence-electron chi connectivity index (χ0n) is 14.8. The molecule has 0 radical (unpaired) electrons. The normalized spacial score (nSPS) is 19.0. The van der Waals surface area contributed by atoms with Gasteiger partial charge in [0, 0.05) is 44.8 Å². The number of aromatic nitrogens is 1. The predicted molar refractivity (Wildman–Crippen MR) is 102 cm³/mol. The molecule has 1 N–H and O–H groups in total. The second kappa shape index (κ2) is 8.30. The number of anilines is 1. The average molecular weight is 376 g/mol. The highest BCUT2D eigenvalue weighted by Gasteiger charge is 2.16. The number of rotatable bonds is 5. The molecule has 2 fully saturated rings. The second-order valence-corrected chi connectivity index (χ2v) is 7.50. The van der Waals surface area contributed by atoms with Crippen molar-refractivity contribution in [1.82, 2.24) is 15.2 Å². The first-order valence-corrected chi connectivity index (χ1v) is 9.93. The summed E-state index contributed by atoms with van der Waals surface area (Å²) in [7, 11) is 0. The molecule has 0 aliphatic carbocycles. The van der Waals surface area contributed by atoms with Crippen LogP contribution in [-0.4, -0.2) is 81.5 Å². The molecule has 1 aromatic carbocycles. The highest BCUT2D eigenvalue weighted by atomic mass is 32.1. The summed E-state index contributed by atoms with van der Waals surface area (Å²) in [5, 5.41) is 4.02. The number of hydrogen-bond acceptors (Lipinski definition) is 7. The molecule has 0 spiro atoms. The Labute approximate surface area is 156 Å². The van der Waals surface area contributed by atoms with E-state index in [-0.39, 0.29) is 5.91 Å². The van der Waals surface area contributed by atoms with Crippen LogP contribution < -0.4 is 10.2 Å². The number of carbonyl (C=O) groups is 1. The lowest BCUT2D eigenvalue weighted by molar-refractivity contribution is 0.0383. The van der Waals surface area contributed by atoms with Crippen molar-refractivity contribution in [2.45, 2.75) is 0 Å². The largest absolute Gasteiger partial charge is 0.379 e. The third kappa shape index (κ3) is 4.15. The number of morpholine rings is 2. The number of fused-ring (bicyclic) bond motifs is 1. The first kappa shape index (κ1) is 17.7. The molecule has 2 aliphatic heterocycles. The number of carbonyl (C=O) groups excluding carboxylic acids is 1. The Morgan fingerprint density at radius 2 is 1.85 bits per heavy atom. The molecule has 0 unspecified atom stereocenters. The Bertz CT molecular complexity index is 754. The van der Waals surface area contributed by atoms with Crippen molar-refractivity contribution in [3.05, 3.63) is 23.8 Å². The van der Waals surface area contributed by atoms with Crippen molar-refractivity contribution in [2.75, 3.05) is 70.6 Å². The van der Waals surface area contributed by atoms with Gasteiger partial charge in [-0.2, -0.15) is 0 Å². The number of hydrogen-bond donors (Lipinski definition) is 1. The van der Waals surface area contributed by atoms with Gasteiger partial charge in [0.2, 0.25) is 0 Å². The molecule has 1 amide bonds. The smallest absolute Gasteiger partial charge is 0.251 e. The summed E-state index contributed by atoms with van der Waals surface area (Å²) in [5.74, 6) is -0.0264. The summed E-state index contributed by atoms with van der Waals surface area (Å²) in [5.41, 5.74) is 1.64. The summed E-state index contributed by atoms with van der Waals surface area (Å²) in [6.07, 6.45) is 0. The van der Waals surface area contributed by atoms with Gasteiger partial charge in [0.25, 0.3) is 5.91 Å². The molecule has 8 heteroatoms. The van der Waals surface area contributed by atoms with Crippen molar-refractivity contribution in [3.63, 3.8) is 0 Å². The van der Waals surface area contributed by atoms with Crippen LogP contribution in [0.25, 0.3) is 10.2 Å². The molecule has 2 saturated heterocycles. The van der Waals surface area contributed by atoms with Gasteiger partial charge >= 0.3 is 0 Å². The third-order valence-electron chi connectivity index (χ3n) is 4.74.